The highest BCUT2D eigenvalue weighted by molar-refractivity contribution is 5.72. The third kappa shape index (κ3) is 5.96. The Morgan fingerprint density at radius 1 is 0.853 bits per heavy atom. The zero-order valence-corrected chi connectivity index (χ0v) is 19.2. The minimum absolute atomic E-state index is 0.184. The molecule has 1 nitrogen and oxygen atoms in total. The monoisotopic (exact) mass is 460 g/mol. The van der Waals surface area contributed by atoms with Crippen molar-refractivity contribution >= 4 is 6.08 Å². The van der Waals surface area contributed by atoms with Gasteiger partial charge >= 0.3 is 0 Å². The summed E-state index contributed by atoms with van der Waals surface area (Å²) >= 11 is 0. The van der Waals surface area contributed by atoms with Gasteiger partial charge < -0.3 is 4.74 Å². The van der Waals surface area contributed by atoms with Crippen LogP contribution in [0.25, 0.3) is 28.3 Å². The molecule has 0 saturated heterocycles. The first kappa shape index (κ1) is 24.8. The van der Waals surface area contributed by atoms with Gasteiger partial charge in [-0.1, -0.05) is 86.5 Å². The van der Waals surface area contributed by atoms with Gasteiger partial charge in [0.1, 0.15) is 11.6 Å². The van der Waals surface area contributed by atoms with Gasteiger partial charge in [-0.15, -0.1) is 0 Å². The van der Waals surface area contributed by atoms with Crippen molar-refractivity contribution in [3.63, 3.8) is 0 Å². The number of halogens is 3. The lowest BCUT2D eigenvalue weighted by Crippen LogP contribution is -1.95. The summed E-state index contributed by atoms with van der Waals surface area (Å²) in [5, 5.41) is 0. The largest absolute Gasteiger partial charge is 0.494 e. The molecular weight excluding hydrogens is 433 g/mol. The van der Waals surface area contributed by atoms with Crippen molar-refractivity contribution in [3.05, 3.63) is 126 Å². The maximum atomic E-state index is 14.9. The fraction of sp³-hybridized carbons (Fsp3) is 0.133. The van der Waals surface area contributed by atoms with Gasteiger partial charge in [0.05, 0.1) is 6.61 Å². The Bertz CT molecular complexity index is 1220. The van der Waals surface area contributed by atoms with E-state index >= 15 is 0 Å². The minimum atomic E-state index is -0.895. The van der Waals surface area contributed by atoms with Crippen LogP contribution in [-0.4, -0.2) is 6.61 Å². The highest BCUT2D eigenvalue weighted by atomic mass is 19.2. The second-order valence-corrected chi connectivity index (χ2v) is 7.81. The van der Waals surface area contributed by atoms with Gasteiger partial charge in [-0.3, -0.25) is 0 Å². The number of rotatable bonds is 10. The Labute approximate surface area is 199 Å². The molecule has 0 radical (unpaired) electrons. The molecule has 3 aromatic rings. The smallest absolute Gasteiger partial charge is 0.167 e. The average molecular weight is 461 g/mol. The van der Waals surface area contributed by atoms with E-state index in [1.807, 2.05) is 12.1 Å². The van der Waals surface area contributed by atoms with Crippen LogP contribution in [-0.2, 0) is 11.2 Å². The van der Waals surface area contributed by atoms with Crippen molar-refractivity contribution in [2.24, 2.45) is 0 Å². The predicted octanol–water partition coefficient (Wildman–Crippen LogP) is 8.83. The van der Waals surface area contributed by atoms with Gasteiger partial charge in [-0.05, 0) is 47.6 Å². The molecule has 0 saturated carbocycles. The SMILES string of the molecule is C=Cc1ccc(-c2ccc(-c3ccc(CCC(=C)/C(F)=C\C(=C)OCC)cc3)c(F)c2F)cc1. The molecule has 0 N–H and O–H groups in total. The molecule has 0 bridgehead atoms. The Balaban J connectivity index is 1.72. The topological polar surface area (TPSA) is 9.23 Å². The molecule has 0 unspecified atom stereocenters. The minimum Gasteiger partial charge on any atom is -0.494 e. The van der Waals surface area contributed by atoms with Crippen LogP contribution in [0.15, 0.2) is 104 Å². The van der Waals surface area contributed by atoms with Gasteiger partial charge in [0.2, 0.25) is 0 Å². The molecule has 0 aliphatic heterocycles. The van der Waals surface area contributed by atoms with E-state index in [4.69, 9.17) is 4.74 Å². The van der Waals surface area contributed by atoms with Crippen LogP contribution in [0.4, 0.5) is 13.2 Å². The van der Waals surface area contributed by atoms with Crippen LogP contribution in [0.3, 0.4) is 0 Å². The molecule has 174 valence electrons. The molecule has 0 atom stereocenters. The quantitative estimate of drug-likeness (QED) is 0.217. The summed E-state index contributed by atoms with van der Waals surface area (Å²) in [7, 11) is 0. The first-order valence-electron chi connectivity index (χ1n) is 11.0. The molecule has 34 heavy (non-hydrogen) atoms. The second kappa shape index (κ2) is 11.4. The molecule has 3 aromatic carbocycles. The van der Waals surface area contributed by atoms with E-state index in [1.165, 1.54) is 6.08 Å². The van der Waals surface area contributed by atoms with Gasteiger partial charge in [0.25, 0.3) is 0 Å². The second-order valence-electron chi connectivity index (χ2n) is 7.81. The molecule has 0 aromatic heterocycles. The Morgan fingerprint density at radius 3 is 1.88 bits per heavy atom. The molecule has 0 heterocycles. The predicted molar refractivity (Wildman–Crippen MR) is 135 cm³/mol. The standard InChI is InChI=1S/C30H27F3O/c1-5-22-9-13-24(14-10-22)26-17-18-27(30(33)29(26)32)25-15-11-23(12-16-25)8-7-20(3)28(31)19-21(4)34-6-2/h5,9-19H,1,3-4,6-8H2,2H3/b28-19+. The lowest BCUT2D eigenvalue weighted by atomic mass is 9.96. The number of hydrogen-bond donors (Lipinski definition) is 0. The lowest BCUT2D eigenvalue weighted by Gasteiger charge is -2.10. The fourth-order valence-electron chi connectivity index (χ4n) is 3.53. The van der Waals surface area contributed by atoms with Crippen LogP contribution in [0.2, 0.25) is 0 Å². The third-order valence-electron chi connectivity index (χ3n) is 5.48. The van der Waals surface area contributed by atoms with Crippen molar-refractivity contribution in [1.82, 2.24) is 0 Å². The van der Waals surface area contributed by atoms with Crippen LogP contribution >= 0.6 is 0 Å². The Hall–Kier alpha value is -3.79. The molecular formula is C30H27F3O. The first-order valence-corrected chi connectivity index (χ1v) is 11.0. The van der Waals surface area contributed by atoms with E-state index in [0.717, 1.165) is 11.1 Å². The molecule has 0 spiro atoms. The molecule has 0 aliphatic rings. The number of benzene rings is 3. The van der Waals surface area contributed by atoms with Gasteiger partial charge in [0.15, 0.2) is 11.6 Å². The summed E-state index contributed by atoms with van der Waals surface area (Å²) in [6, 6.07) is 17.4. The van der Waals surface area contributed by atoms with Crippen molar-refractivity contribution in [2.45, 2.75) is 19.8 Å². The molecule has 0 fully saturated rings. The highest BCUT2D eigenvalue weighted by Gasteiger charge is 2.16. The lowest BCUT2D eigenvalue weighted by molar-refractivity contribution is 0.243. The first-order chi connectivity index (χ1) is 16.3. The summed E-state index contributed by atoms with van der Waals surface area (Å²) in [5.41, 5.74) is 3.72. The fourth-order valence-corrected chi connectivity index (χ4v) is 3.53. The highest BCUT2D eigenvalue weighted by Crippen LogP contribution is 2.32. The van der Waals surface area contributed by atoms with Crippen molar-refractivity contribution in [1.29, 1.82) is 0 Å². The zero-order valence-electron chi connectivity index (χ0n) is 19.2. The van der Waals surface area contributed by atoms with Crippen LogP contribution in [0.5, 0.6) is 0 Å². The summed E-state index contributed by atoms with van der Waals surface area (Å²) in [5.74, 6) is -2.00. The van der Waals surface area contributed by atoms with E-state index in [2.05, 4.69) is 19.7 Å². The third-order valence-corrected chi connectivity index (χ3v) is 5.48. The number of hydrogen-bond acceptors (Lipinski definition) is 1. The van der Waals surface area contributed by atoms with E-state index in [0.29, 0.717) is 36.1 Å². The molecule has 4 heteroatoms. The van der Waals surface area contributed by atoms with E-state index < -0.39 is 17.5 Å². The zero-order chi connectivity index (χ0) is 24.7. The Kier molecular flexibility index (Phi) is 8.31. The van der Waals surface area contributed by atoms with E-state index in [1.54, 1.807) is 61.5 Å². The van der Waals surface area contributed by atoms with E-state index in [-0.39, 0.29) is 16.9 Å². The normalized spacial score (nSPS) is 11.2. The van der Waals surface area contributed by atoms with E-state index in [9.17, 15) is 13.2 Å². The summed E-state index contributed by atoms with van der Waals surface area (Å²) < 4.78 is 49.1. The number of allylic oxidation sites excluding steroid dienone is 3. The van der Waals surface area contributed by atoms with Gasteiger partial charge in [0, 0.05) is 17.2 Å². The summed E-state index contributed by atoms with van der Waals surface area (Å²) in [6.45, 7) is 13.3. The molecule has 3 rings (SSSR count). The summed E-state index contributed by atoms with van der Waals surface area (Å²) in [4.78, 5) is 0. The number of ether oxygens (including phenoxy) is 1. The Morgan fingerprint density at radius 2 is 1.38 bits per heavy atom. The van der Waals surface area contributed by atoms with Crippen molar-refractivity contribution < 1.29 is 17.9 Å². The molecule has 0 aliphatic carbocycles. The molecule has 0 amide bonds. The maximum Gasteiger partial charge on any atom is 0.167 e. The maximum absolute atomic E-state index is 14.9. The van der Waals surface area contributed by atoms with Crippen LogP contribution in [0, 0.1) is 11.6 Å². The van der Waals surface area contributed by atoms with Crippen LogP contribution in [0.1, 0.15) is 24.5 Å². The average Bonchev–Trinajstić information content (AvgIpc) is 2.85. The van der Waals surface area contributed by atoms with Crippen LogP contribution < -0.4 is 0 Å². The van der Waals surface area contributed by atoms with Gasteiger partial charge in [-0.2, -0.15) is 0 Å². The van der Waals surface area contributed by atoms with Gasteiger partial charge in [-0.25, -0.2) is 13.2 Å². The van der Waals surface area contributed by atoms with Crippen molar-refractivity contribution in [3.8, 4) is 22.3 Å². The number of aryl methyl sites for hydroxylation is 1. The summed E-state index contributed by atoms with van der Waals surface area (Å²) in [6.07, 6.45) is 3.88. The van der Waals surface area contributed by atoms with Crippen molar-refractivity contribution in [2.75, 3.05) is 6.61 Å².